The summed E-state index contributed by atoms with van der Waals surface area (Å²) in [5, 5.41) is 18.9. The second-order valence-corrected chi connectivity index (χ2v) is 10.8. The topological polar surface area (TPSA) is 100 Å². The van der Waals surface area contributed by atoms with E-state index >= 15 is 0 Å². The zero-order chi connectivity index (χ0) is 28.3. The standard InChI is InChI=1S/C33H29ClN4O3/c34-26-8-5-9-27(18-26)38-20-24(32(37-38)23-13-12-21-6-1-2-7-22(21)16-23)14-15-31(39)36-30(33(40)41)17-25-19-35-29-11-4-3-10-28(25)29/h3-5,8-16,18-20,30,35H,1-2,6-7,17H2,(H,36,39)(H,40,41)/b15-14-/t30-/m0/s1. The number of nitrogens with zero attached hydrogens (tertiary/aromatic N) is 2. The lowest BCUT2D eigenvalue weighted by atomic mass is 9.89. The number of benzene rings is 3. The van der Waals surface area contributed by atoms with Gasteiger partial charge >= 0.3 is 5.97 Å². The Kier molecular flexibility index (Phi) is 7.44. The molecule has 7 nitrogen and oxygen atoms in total. The maximum atomic E-state index is 13.0. The predicted octanol–water partition coefficient (Wildman–Crippen LogP) is 6.38. The van der Waals surface area contributed by atoms with Crippen LogP contribution in [-0.2, 0) is 28.9 Å². The third kappa shape index (κ3) is 5.81. The van der Waals surface area contributed by atoms with Crippen LogP contribution in [0.15, 0.2) is 85.2 Å². The van der Waals surface area contributed by atoms with Crippen LogP contribution in [0.25, 0.3) is 33.9 Å². The fourth-order valence-corrected chi connectivity index (χ4v) is 5.66. The number of aromatic nitrogens is 3. The van der Waals surface area contributed by atoms with E-state index in [0.29, 0.717) is 5.02 Å². The smallest absolute Gasteiger partial charge is 0.326 e. The van der Waals surface area contributed by atoms with Gasteiger partial charge in [0.05, 0.1) is 11.4 Å². The first-order valence-corrected chi connectivity index (χ1v) is 14.1. The fraction of sp³-hybridized carbons (Fsp3) is 0.182. The van der Waals surface area contributed by atoms with E-state index in [-0.39, 0.29) is 6.42 Å². The summed E-state index contributed by atoms with van der Waals surface area (Å²) in [7, 11) is 0. The molecule has 1 aliphatic carbocycles. The number of H-pyrrole nitrogens is 1. The Bertz CT molecular complexity index is 1780. The molecule has 0 unspecified atom stereocenters. The van der Waals surface area contributed by atoms with Crippen LogP contribution in [0.2, 0.25) is 5.02 Å². The van der Waals surface area contributed by atoms with Crippen LogP contribution < -0.4 is 5.32 Å². The summed E-state index contributed by atoms with van der Waals surface area (Å²) in [6, 6.07) is 20.4. The van der Waals surface area contributed by atoms with Gasteiger partial charge in [0.1, 0.15) is 6.04 Å². The van der Waals surface area contributed by atoms with Crippen molar-refractivity contribution in [3.05, 3.63) is 112 Å². The number of hydrogen-bond acceptors (Lipinski definition) is 3. The molecule has 3 aromatic carbocycles. The Morgan fingerprint density at radius 2 is 1.88 bits per heavy atom. The van der Waals surface area contributed by atoms with E-state index in [1.807, 2.05) is 48.7 Å². The molecular weight excluding hydrogens is 536 g/mol. The van der Waals surface area contributed by atoms with E-state index in [1.165, 1.54) is 30.0 Å². The van der Waals surface area contributed by atoms with Crippen LogP contribution in [0.3, 0.4) is 0 Å². The minimum atomic E-state index is -1.10. The van der Waals surface area contributed by atoms with Crippen LogP contribution in [0.4, 0.5) is 0 Å². The van der Waals surface area contributed by atoms with Gasteiger partial charge in [0.25, 0.3) is 0 Å². The first kappa shape index (κ1) is 26.6. The third-order valence-electron chi connectivity index (χ3n) is 7.57. The molecule has 0 saturated carbocycles. The molecule has 3 N–H and O–H groups in total. The molecule has 5 aromatic rings. The minimum Gasteiger partial charge on any atom is -0.480 e. The molecule has 6 rings (SSSR count). The maximum Gasteiger partial charge on any atom is 0.326 e. The Hall–Kier alpha value is -4.62. The van der Waals surface area contributed by atoms with E-state index in [2.05, 4.69) is 28.5 Å². The Labute approximate surface area is 242 Å². The molecule has 8 heteroatoms. The number of nitrogens with one attached hydrogen (secondary N) is 2. The van der Waals surface area contributed by atoms with E-state index in [4.69, 9.17) is 16.7 Å². The zero-order valence-corrected chi connectivity index (χ0v) is 23.1. The number of hydrogen-bond donors (Lipinski definition) is 3. The highest BCUT2D eigenvalue weighted by Crippen LogP contribution is 2.30. The van der Waals surface area contributed by atoms with Crippen molar-refractivity contribution in [3.8, 4) is 16.9 Å². The summed E-state index contributed by atoms with van der Waals surface area (Å²) in [4.78, 5) is 28.2. The molecule has 0 aliphatic heterocycles. The number of aliphatic carboxylic acids is 1. The number of fused-ring (bicyclic) bond motifs is 2. The highest BCUT2D eigenvalue weighted by Gasteiger charge is 2.21. The molecular formula is C33H29ClN4O3. The van der Waals surface area contributed by atoms with Crippen LogP contribution in [0, 0.1) is 0 Å². The SMILES string of the molecule is O=C(/C=C\c1cn(-c2cccc(Cl)c2)nc1-c1ccc2c(c1)CCCC2)N[C@@H](Cc1c[nH]c2ccccc12)C(=O)O. The van der Waals surface area contributed by atoms with E-state index in [0.717, 1.165) is 51.8 Å². The summed E-state index contributed by atoms with van der Waals surface area (Å²) in [5.41, 5.74) is 7.69. The zero-order valence-electron chi connectivity index (χ0n) is 22.3. The van der Waals surface area contributed by atoms with Crippen molar-refractivity contribution in [2.75, 3.05) is 0 Å². The number of carbonyl (C=O) groups is 2. The maximum absolute atomic E-state index is 13.0. The second kappa shape index (κ2) is 11.5. The molecule has 0 fully saturated rings. The second-order valence-electron chi connectivity index (χ2n) is 10.3. The highest BCUT2D eigenvalue weighted by atomic mass is 35.5. The molecule has 206 valence electrons. The van der Waals surface area contributed by atoms with Crippen molar-refractivity contribution in [2.45, 2.75) is 38.1 Å². The van der Waals surface area contributed by atoms with Crippen molar-refractivity contribution >= 4 is 40.5 Å². The van der Waals surface area contributed by atoms with Gasteiger partial charge in [-0.25, -0.2) is 9.48 Å². The van der Waals surface area contributed by atoms with Crippen molar-refractivity contribution in [1.29, 1.82) is 0 Å². The number of aromatic amines is 1. The van der Waals surface area contributed by atoms with Crippen LogP contribution >= 0.6 is 11.6 Å². The fourth-order valence-electron chi connectivity index (χ4n) is 5.47. The van der Waals surface area contributed by atoms with E-state index in [9.17, 15) is 14.7 Å². The number of carboxylic acids is 1. The van der Waals surface area contributed by atoms with Crippen LogP contribution in [0.5, 0.6) is 0 Å². The Morgan fingerprint density at radius 1 is 1.05 bits per heavy atom. The molecule has 1 aliphatic rings. The van der Waals surface area contributed by atoms with Gasteiger partial charge in [0, 0.05) is 51.9 Å². The number of amides is 1. The number of carboxylic acid groups (broad SMARTS) is 1. The predicted molar refractivity (Wildman–Crippen MR) is 161 cm³/mol. The van der Waals surface area contributed by atoms with Crippen molar-refractivity contribution in [3.63, 3.8) is 0 Å². The highest BCUT2D eigenvalue weighted by molar-refractivity contribution is 6.30. The molecule has 0 radical (unpaired) electrons. The quantitative estimate of drug-likeness (QED) is 0.190. The van der Waals surface area contributed by atoms with E-state index in [1.54, 1.807) is 23.0 Å². The van der Waals surface area contributed by atoms with Gasteiger partial charge in [-0.2, -0.15) is 5.10 Å². The van der Waals surface area contributed by atoms with Gasteiger partial charge < -0.3 is 15.4 Å². The molecule has 0 saturated heterocycles. The number of rotatable bonds is 8. The average Bonchev–Trinajstić information content (AvgIpc) is 3.60. The minimum absolute atomic E-state index is 0.159. The summed E-state index contributed by atoms with van der Waals surface area (Å²) >= 11 is 6.24. The Morgan fingerprint density at radius 3 is 2.71 bits per heavy atom. The number of carbonyl (C=O) groups excluding carboxylic acids is 1. The summed E-state index contributed by atoms with van der Waals surface area (Å²) in [6.45, 7) is 0. The van der Waals surface area contributed by atoms with Crippen molar-refractivity contribution in [2.24, 2.45) is 0 Å². The first-order valence-electron chi connectivity index (χ1n) is 13.7. The first-order chi connectivity index (χ1) is 19.9. The molecule has 41 heavy (non-hydrogen) atoms. The van der Waals surface area contributed by atoms with Crippen LogP contribution in [0.1, 0.15) is 35.1 Å². The number of para-hydroxylation sites is 1. The van der Waals surface area contributed by atoms with Gasteiger partial charge in [-0.3, -0.25) is 4.79 Å². The molecule has 0 spiro atoms. The lowest BCUT2D eigenvalue weighted by Crippen LogP contribution is -2.41. The van der Waals surface area contributed by atoms with Crippen LogP contribution in [-0.4, -0.2) is 37.8 Å². The van der Waals surface area contributed by atoms with Gasteiger partial charge in [0.15, 0.2) is 0 Å². The molecule has 0 bridgehead atoms. The van der Waals surface area contributed by atoms with Gasteiger partial charge in [-0.1, -0.05) is 48.0 Å². The monoisotopic (exact) mass is 564 g/mol. The summed E-state index contributed by atoms with van der Waals surface area (Å²) < 4.78 is 1.75. The Balaban J connectivity index is 1.28. The molecule has 1 amide bonds. The van der Waals surface area contributed by atoms with Gasteiger partial charge in [-0.05, 0) is 78.8 Å². The van der Waals surface area contributed by atoms with Gasteiger partial charge in [-0.15, -0.1) is 0 Å². The summed E-state index contributed by atoms with van der Waals surface area (Å²) in [5.74, 6) is -1.59. The molecule has 2 aromatic heterocycles. The van der Waals surface area contributed by atoms with Gasteiger partial charge in [0.2, 0.25) is 5.91 Å². The van der Waals surface area contributed by atoms with E-state index < -0.39 is 17.9 Å². The normalized spacial score (nSPS) is 13.8. The summed E-state index contributed by atoms with van der Waals surface area (Å²) in [6.07, 6.45) is 11.4. The molecule has 1 atom stereocenters. The lowest BCUT2D eigenvalue weighted by Gasteiger charge is -2.16. The number of halogens is 1. The number of aryl methyl sites for hydroxylation is 2. The molecule has 2 heterocycles. The lowest BCUT2D eigenvalue weighted by molar-refractivity contribution is -0.141. The third-order valence-corrected chi connectivity index (χ3v) is 7.80. The van der Waals surface area contributed by atoms with Crippen molar-refractivity contribution in [1.82, 2.24) is 20.1 Å². The average molecular weight is 565 g/mol. The largest absolute Gasteiger partial charge is 0.480 e. The van der Waals surface area contributed by atoms with Crippen molar-refractivity contribution < 1.29 is 14.7 Å².